The molecule has 0 N–H and O–H groups in total. The second-order valence-corrected chi connectivity index (χ2v) is 9.28. The molecule has 3 aromatic rings. The van der Waals surface area contributed by atoms with Gasteiger partial charge in [-0.15, -0.1) is 0 Å². The molecule has 1 aromatic heterocycles. The zero-order chi connectivity index (χ0) is 22.3. The first-order chi connectivity index (χ1) is 15.7. The van der Waals surface area contributed by atoms with E-state index < -0.39 is 0 Å². The number of aryl methyl sites for hydroxylation is 2. The van der Waals surface area contributed by atoms with E-state index in [1.807, 2.05) is 17.0 Å². The van der Waals surface area contributed by atoms with Gasteiger partial charge in [0.15, 0.2) is 0 Å². The van der Waals surface area contributed by atoms with Crippen molar-refractivity contribution < 1.29 is 4.79 Å². The van der Waals surface area contributed by atoms with Gasteiger partial charge in [0.25, 0.3) is 0 Å². The van der Waals surface area contributed by atoms with Gasteiger partial charge < -0.3 is 9.47 Å². The van der Waals surface area contributed by atoms with Crippen LogP contribution in [0.2, 0.25) is 0 Å². The van der Waals surface area contributed by atoms with Crippen LogP contribution in [0, 0.1) is 6.92 Å². The smallest absolute Gasteiger partial charge is 0.227 e. The molecule has 1 atom stereocenters. The molecule has 4 nitrogen and oxygen atoms in total. The molecule has 0 aliphatic carbocycles. The van der Waals surface area contributed by atoms with Crippen LogP contribution in [-0.2, 0) is 11.3 Å². The summed E-state index contributed by atoms with van der Waals surface area (Å²) >= 11 is 0. The molecule has 0 bridgehead atoms. The summed E-state index contributed by atoms with van der Waals surface area (Å²) in [6, 6.07) is 16.6. The molecule has 32 heavy (non-hydrogen) atoms. The van der Waals surface area contributed by atoms with Crippen LogP contribution in [0.3, 0.4) is 0 Å². The van der Waals surface area contributed by atoms with Gasteiger partial charge in [0, 0.05) is 31.1 Å². The topological polar surface area (TPSA) is 38.1 Å². The largest absolute Gasteiger partial charge is 0.328 e. The van der Waals surface area contributed by atoms with E-state index in [1.165, 1.54) is 56.9 Å². The number of hydrogen-bond donors (Lipinski definition) is 0. The Bertz CT molecular complexity index is 1040. The zero-order valence-electron chi connectivity index (χ0n) is 19.7. The normalized spacial score (nSPS) is 16.4. The van der Waals surface area contributed by atoms with Crippen LogP contribution in [0.15, 0.2) is 48.5 Å². The van der Waals surface area contributed by atoms with Crippen molar-refractivity contribution in [3.63, 3.8) is 0 Å². The molecule has 4 rings (SSSR count). The Balaban J connectivity index is 1.46. The van der Waals surface area contributed by atoms with E-state index in [0.717, 1.165) is 29.1 Å². The van der Waals surface area contributed by atoms with Crippen LogP contribution in [0.5, 0.6) is 0 Å². The van der Waals surface area contributed by atoms with Crippen molar-refractivity contribution in [2.75, 3.05) is 11.4 Å². The standard InChI is InChI=1S/C28H37N3O/c1-3-4-5-6-7-8-9-14-19-30-26-18-13-11-16-24(26)29-28(30)23-20-27(32)31(21-23)25-17-12-10-15-22(25)2/h10-13,15-18,23H,3-9,14,19-21H2,1-2H3. The number of carbonyl (C=O) groups excluding carboxylic acids is 1. The summed E-state index contributed by atoms with van der Waals surface area (Å²) in [7, 11) is 0. The van der Waals surface area contributed by atoms with E-state index in [9.17, 15) is 4.79 Å². The molecule has 1 amide bonds. The lowest BCUT2D eigenvalue weighted by Gasteiger charge is -2.19. The predicted molar refractivity (Wildman–Crippen MR) is 133 cm³/mol. The van der Waals surface area contributed by atoms with Gasteiger partial charge >= 0.3 is 0 Å². The Morgan fingerprint density at radius 1 is 0.906 bits per heavy atom. The number of benzene rings is 2. The van der Waals surface area contributed by atoms with E-state index in [1.54, 1.807) is 0 Å². The van der Waals surface area contributed by atoms with Gasteiger partial charge in [-0.2, -0.15) is 0 Å². The number of amides is 1. The first-order valence-corrected chi connectivity index (χ1v) is 12.5. The van der Waals surface area contributed by atoms with Crippen molar-refractivity contribution in [2.24, 2.45) is 0 Å². The van der Waals surface area contributed by atoms with Gasteiger partial charge in [-0.25, -0.2) is 4.98 Å². The van der Waals surface area contributed by atoms with Crippen molar-refractivity contribution in [2.45, 2.75) is 84.1 Å². The molecule has 2 heterocycles. The van der Waals surface area contributed by atoms with Gasteiger partial charge in [-0.1, -0.05) is 82.2 Å². The molecule has 1 aliphatic heterocycles. The second-order valence-electron chi connectivity index (χ2n) is 9.28. The maximum Gasteiger partial charge on any atom is 0.227 e. The lowest BCUT2D eigenvalue weighted by molar-refractivity contribution is -0.117. The van der Waals surface area contributed by atoms with Gasteiger partial charge in [0.2, 0.25) is 5.91 Å². The summed E-state index contributed by atoms with van der Waals surface area (Å²) in [4.78, 5) is 19.9. The van der Waals surface area contributed by atoms with Gasteiger partial charge in [-0.05, 0) is 37.1 Å². The summed E-state index contributed by atoms with van der Waals surface area (Å²) in [5.41, 5.74) is 4.43. The number of nitrogens with zero attached hydrogens (tertiary/aromatic N) is 3. The molecule has 2 aromatic carbocycles. The molecule has 1 aliphatic rings. The third-order valence-electron chi connectivity index (χ3n) is 6.82. The highest BCUT2D eigenvalue weighted by Crippen LogP contribution is 2.34. The fourth-order valence-electron chi connectivity index (χ4n) is 5.02. The number of unbranched alkanes of at least 4 members (excludes halogenated alkanes) is 7. The quantitative estimate of drug-likeness (QED) is 0.306. The molecule has 1 saturated heterocycles. The van der Waals surface area contributed by atoms with Gasteiger partial charge in [0.1, 0.15) is 5.82 Å². The Hall–Kier alpha value is -2.62. The summed E-state index contributed by atoms with van der Waals surface area (Å²) in [5, 5.41) is 0. The van der Waals surface area contributed by atoms with Crippen molar-refractivity contribution in [1.29, 1.82) is 0 Å². The fourth-order valence-corrected chi connectivity index (χ4v) is 5.02. The Kier molecular flexibility index (Phi) is 7.62. The van der Waals surface area contributed by atoms with Crippen LogP contribution >= 0.6 is 0 Å². The Morgan fingerprint density at radius 2 is 1.59 bits per heavy atom. The number of carbonyl (C=O) groups is 1. The SMILES string of the molecule is CCCCCCCCCCn1c(C2CC(=O)N(c3ccccc3C)C2)nc2ccccc21. The average Bonchev–Trinajstić information content (AvgIpc) is 3.36. The number of rotatable bonds is 11. The first-order valence-electron chi connectivity index (χ1n) is 12.5. The van der Waals surface area contributed by atoms with E-state index in [0.29, 0.717) is 13.0 Å². The molecule has 4 heteroatoms. The predicted octanol–water partition coefficient (Wildman–Crippen LogP) is 7.01. The van der Waals surface area contributed by atoms with Crippen molar-refractivity contribution in [3.8, 4) is 0 Å². The van der Waals surface area contributed by atoms with Crippen molar-refractivity contribution >= 4 is 22.6 Å². The summed E-state index contributed by atoms with van der Waals surface area (Å²) < 4.78 is 2.39. The lowest BCUT2D eigenvalue weighted by Crippen LogP contribution is -2.25. The summed E-state index contributed by atoms with van der Waals surface area (Å²) in [6.45, 7) is 6.04. The Labute approximate surface area is 192 Å². The van der Waals surface area contributed by atoms with E-state index in [-0.39, 0.29) is 11.8 Å². The second kappa shape index (κ2) is 10.8. The molecule has 170 valence electrons. The number of aromatic nitrogens is 2. The molecular weight excluding hydrogens is 394 g/mol. The van der Waals surface area contributed by atoms with Crippen LogP contribution in [0.1, 0.15) is 82.0 Å². The number of fused-ring (bicyclic) bond motifs is 1. The van der Waals surface area contributed by atoms with Crippen LogP contribution in [0.25, 0.3) is 11.0 Å². The maximum absolute atomic E-state index is 12.9. The minimum Gasteiger partial charge on any atom is -0.328 e. The lowest BCUT2D eigenvalue weighted by atomic mass is 10.1. The number of imidazole rings is 1. The zero-order valence-corrected chi connectivity index (χ0v) is 19.7. The molecule has 1 fully saturated rings. The van der Waals surface area contributed by atoms with E-state index in [2.05, 4.69) is 54.8 Å². The molecule has 0 radical (unpaired) electrons. The minimum absolute atomic E-state index is 0.142. The molecule has 0 saturated carbocycles. The highest BCUT2D eigenvalue weighted by molar-refractivity contribution is 5.97. The molecule has 1 unspecified atom stereocenters. The van der Waals surface area contributed by atoms with E-state index in [4.69, 9.17) is 4.98 Å². The van der Waals surface area contributed by atoms with E-state index >= 15 is 0 Å². The fraction of sp³-hybridized carbons (Fsp3) is 0.500. The van der Waals surface area contributed by atoms with Crippen LogP contribution in [0.4, 0.5) is 5.69 Å². The molecular formula is C28H37N3O. The van der Waals surface area contributed by atoms with Gasteiger partial charge in [-0.3, -0.25) is 4.79 Å². The first kappa shape index (κ1) is 22.6. The van der Waals surface area contributed by atoms with Crippen LogP contribution < -0.4 is 4.90 Å². The third-order valence-corrected chi connectivity index (χ3v) is 6.82. The monoisotopic (exact) mass is 431 g/mol. The third kappa shape index (κ3) is 5.06. The summed E-state index contributed by atoms with van der Waals surface area (Å²) in [6.07, 6.45) is 11.0. The Morgan fingerprint density at radius 3 is 2.38 bits per heavy atom. The van der Waals surface area contributed by atoms with Crippen molar-refractivity contribution in [3.05, 3.63) is 59.9 Å². The molecule has 0 spiro atoms. The maximum atomic E-state index is 12.9. The number of anilines is 1. The summed E-state index contributed by atoms with van der Waals surface area (Å²) in [5.74, 6) is 1.43. The minimum atomic E-state index is 0.142. The van der Waals surface area contributed by atoms with Crippen molar-refractivity contribution in [1.82, 2.24) is 9.55 Å². The number of hydrogen-bond acceptors (Lipinski definition) is 2. The van der Waals surface area contributed by atoms with Gasteiger partial charge in [0.05, 0.1) is 11.0 Å². The highest BCUT2D eigenvalue weighted by atomic mass is 16.2. The van der Waals surface area contributed by atoms with Crippen LogP contribution in [-0.4, -0.2) is 22.0 Å². The number of para-hydroxylation sites is 3. The highest BCUT2D eigenvalue weighted by Gasteiger charge is 2.35. The average molecular weight is 432 g/mol.